The van der Waals surface area contributed by atoms with E-state index in [1.807, 2.05) is 32.0 Å². The lowest BCUT2D eigenvalue weighted by atomic mass is 9.84. The van der Waals surface area contributed by atoms with Crippen LogP contribution in [0.15, 0.2) is 18.2 Å². The van der Waals surface area contributed by atoms with Crippen molar-refractivity contribution in [2.45, 2.75) is 45.6 Å². The maximum atomic E-state index is 12.3. The Morgan fingerprint density at radius 3 is 2.30 bits per heavy atom. The molecule has 1 aromatic carbocycles. The first kappa shape index (κ1) is 14.6. The van der Waals surface area contributed by atoms with Crippen molar-refractivity contribution in [3.8, 4) is 0 Å². The standard InChI is InChI=1S/C16H21NO3/c1-10-7-11(2)9-12(8-10)15(18)17-14-6-4-3-5-13(14)16(19)20/h7-9,13-14H,3-6H2,1-2H3,(H,17,18)(H,19,20). The number of benzene rings is 1. The number of carbonyl (C=O) groups excluding carboxylic acids is 1. The summed E-state index contributed by atoms with van der Waals surface area (Å²) in [4.78, 5) is 23.5. The third-order valence-corrected chi connectivity index (χ3v) is 3.88. The van der Waals surface area contributed by atoms with Crippen molar-refractivity contribution in [1.82, 2.24) is 5.32 Å². The molecule has 0 aliphatic heterocycles. The fourth-order valence-electron chi connectivity index (χ4n) is 2.96. The molecule has 4 heteroatoms. The summed E-state index contributed by atoms with van der Waals surface area (Å²) in [6.07, 6.45) is 3.29. The third kappa shape index (κ3) is 3.38. The molecule has 1 aliphatic rings. The molecule has 2 atom stereocenters. The zero-order chi connectivity index (χ0) is 14.7. The van der Waals surface area contributed by atoms with Gasteiger partial charge in [0.15, 0.2) is 0 Å². The van der Waals surface area contributed by atoms with Crippen LogP contribution in [-0.4, -0.2) is 23.0 Å². The summed E-state index contributed by atoms with van der Waals surface area (Å²) in [5.74, 6) is -1.44. The van der Waals surface area contributed by atoms with E-state index in [1.54, 1.807) is 0 Å². The van der Waals surface area contributed by atoms with E-state index in [4.69, 9.17) is 0 Å². The van der Waals surface area contributed by atoms with Gasteiger partial charge in [-0.2, -0.15) is 0 Å². The van der Waals surface area contributed by atoms with Crippen molar-refractivity contribution in [3.63, 3.8) is 0 Å². The van der Waals surface area contributed by atoms with Crippen molar-refractivity contribution in [2.24, 2.45) is 5.92 Å². The van der Waals surface area contributed by atoms with E-state index in [1.165, 1.54) is 0 Å². The maximum absolute atomic E-state index is 12.3. The summed E-state index contributed by atoms with van der Waals surface area (Å²) >= 11 is 0. The van der Waals surface area contributed by atoms with Gasteiger partial charge in [-0.1, -0.05) is 30.0 Å². The summed E-state index contributed by atoms with van der Waals surface area (Å²) in [6.45, 7) is 3.90. The Morgan fingerprint density at radius 2 is 1.70 bits per heavy atom. The van der Waals surface area contributed by atoms with Gasteiger partial charge in [0.2, 0.25) is 0 Å². The smallest absolute Gasteiger partial charge is 0.308 e. The zero-order valence-electron chi connectivity index (χ0n) is 12.0. The van der Waals surface area contributed by atoms with E-state index >= 15 is 0 Å². The first-order chi connectivity index (χ1) is 9.47. The Bertz CT molecular complexity index is 504. The molecule has 2 rings (SSSR count). The molecule has 0 spiro atoms. The molecule has 2 unspecified atom stereocenters. The van der Waals surface area contributed by atoms with Crippen LogP contribution in [0.25, 0.3) is 0 Å². The molecule has 1 saturated carbocycles. The Hall–Kier alpha value is -1.84. The van der Waals surface area contributed by atoms with Gasteiger partial charge >= 0.3 is 5.97 Å². The van der Waals surface area contributed by atoms with Gasteiger partial charge < -0.3 is 10.4 Å². The van der Waals surface area contributed by atoms with Crippen LogP contribution in [0.4, 0.5) is 0 Å². The van der Waals surface area contributed by atoms with E-state index in [0.29, 0.717) is 12.0 Å². The maximum Gasteiger partial charge on any atom is 0.308 e. The molecule has 1 aromatic rings. The Balaban J connectivity index is 2.11. The van der Waals surface area contributed by atoms with Gasteiger partial charge in [-0.25, -0.2) is 0 Å². The molecule has 108 valence electrons. The Morgan fingerprint density at radius 1 is 1.10 bits per heavy atom. The van der Waals surface area contributed by atoms with Gasteiger partial charge in [0.05, 0.1) is 5.92 Å². The lowest BCUT2D eigenvalue weighted by Gasteiger charge is -2.29. The monoisotopic (exact) mass is 275 g/mol. The molecule has 0 aromatic heterocycles. The normalized spacial score (nSPS) is 22.3. The second-order valence-corrected chi connectivity index (χ2v) is 5.69. The molecule has 4 nitrogen and oxygen atoms in total. The average Bonchev–Trinajstić information content (AvgIpc) is 2.37. The molecule has 0 heterocycles. The number of aryl methyl sites for hydroxylation is 2. The van der Waals surface area contributed by atoms with Crippen LogP contribution in [0, 0.1) is 19.8 Å². The van der Waals surface area contributed by atoms with Gasteiger partial charge in [-0.3, -0.25) is 9.59 Å². The number of carboxylic acid groups (broad SMARTS) is 1. The fourth-order valence-corrected chi connectivity index (χ4v) is 2.96. The number of amides is 1. The predicted molar refractivity (Wildman–Crippen MR) is 76.8 cm³/mol. The number of rotatable bonds is 3. The lowest BCUT2D eigenvalue weighted by Crippen LogP contribution is -2.45. The summed E-state index contributed by atoms with van der Waals surface area (Å²) in [7, 11) is 0. The third-order valence-electron chi connectivity index (χ3n) is 3.88. The first-order valence-corrected chi connectivity index (χ1v) is 7.09. The largest absolute Gasteiger partial charge is 0.481 e. The van der Waals surface area contributed by atoms with Crippen LogP contribution in [0.1, 0.15) is 47.2 Å². The summed E-state index contributed by atoms with van der Waals surface area (Å²) in [5.41, 5.74) is 2.68. The Kier molecular flexibility index (Phi) is 4.42. The van der Waals surface area contributed by atoms with E-state index in [0.717, 1.165) is 30.4 Å². The van der Waals surface area contributed by atoms with Gasteiger partial charge in [-0.15, -0.1) is 0 Å². The molecule has 0 saturated heterocycles. The van der Waals surface area contributed by atoms with Crippen molar-refractivity contribution < 1.29 is 14.7 Å². The average molecular weight is 275 g/mol. The summed E-state index contributed by atoms with van der Waals surface area (Å²) < 4.78 is 0. The highest BCUT2D eigenvalue weighted by Gasteiger charge is 2.31. The number of hydrogen-bond acceptors (Lipinski definition) is 2. The van der Waals surface area contributed by atoms with Gasteiger partial charge in [0.1, 0.15) is 0 Å². The quantitative estimate of drug-likeness (QED) is 0.891. The number of aliphatic carboxylic acids is 1. The van der Waals surface area contributed by atoms with Crippen LogP contribution in [0.5, 0.6) is 0 Å². The molecule has 2 N–H and O–H groups in total. The second kappa shape index (κ2) is 6.07. The minimum atomic E-state index is -0.810. The number of hydrogen-bond donors (Lipinski definition) is 2. The van der Waals surface area contributed by atoms with Crippen LogP contribution < -0.4 is 5.32 Å². The molecular formula is C16H21NO3. The zero-order valence-corrected chi connectivity index (χ0v) is 12.0. The van der Waals surface area contributed by atoms with Gasteiger partial charge in [0.25, 0.3) is 5.91 Å². The van der Waals surface area contributed by atoms with Gasteiger partial charge in [-0.05, 0) is 38.8 Å². The van der Waals surface area contributed by atoms with Crippen LogP contribution in [0.2, 0.25) is 0 Å². The van der Waals surface area contributed by atoms with Crippen molar-refractivity contribution in [2.75, 3.05) is 0 Å². The molecule has 0 radical (unpaired) electrons. The van der Waals surface area contributed by atoms with Crippen LogP contribution in [-0.2, 0) is 4.79 Å². The van der Waals surface area contributed by atoms with Crippen molar-refractivity contribution in [1.29, 1.82) is 0 Å². The molecule has 0 bridgehead atoms. The topological polar surface area (TPSA) is 66.4 Å². The van der Waals surface area contributed by atoms with Gasteiger partial charge in [0, 0.05) is 11.6 Å². The van der Waals surface area contributed by atoms with E-state index in [2.05, 4.69) is 5.32 Å². The SMILES string of the molecule is Cc1cc(C)cc(C(=O)NC2CCCCC2C(=O)O)c1. The lowest BCUT2D eigenvalue weighted by molar-refractivity contribution is -0.143. The fraction of sp³-hybridized carbons (Fsp3) is 0.500. The minimum absolute atomic E-state index is 0.171. The molecule has 1 aliphatic carbocycles. The molecule has 20 heavy (non-hydrogen) atoms. The second-order valence-electron chi connectivity index (χ2n) is 5.69. The van der Waals surface area contributed by atoms with Crippen LogP contribution >= 0.6 is 0 Å². The highest BCUT2D eigenvalue weighted by molar-refractivity contribution is 5.95. The number of carboxylic acids is 1. The molecular weight excluding hydrogens is 254 g/mol. The highest BCUT2D eigenvalue weighted by atomic mass is 16.4. The number of carbonyl (C=O) groups is 2. The van der Waals surface area contributed by atoms with Crippen LogP contribution in [0.3, 0.4) is 0 Å². The molecule has 1 amide bonds. The number of nitrogens with one attached hydrogen (secondary N) is 1. The van der Waals surface area contributed by atoms with E-state index in [-0.39, 0.29) is 11.9 Å². The summed E-state index contributed by atoms with van der Waals surface area (Å²) in [6, 6.07) is 5.42. The minimum Gasteiger partial charge on any atom is -0.481 e. The first-order valence-electron chi connectivity index (χ1n) is 7.09. The van der Waals surface area contributed by atoms with Crippen molar-refractivity contribution in [3.05, 3.63) is 34.9 Å². The Labute approximate surface area is 119 Å². The van der Waals surface area contributed by atoms with Crippen molar-refractivity contribution >= 4 is 11.9 Å². The van der Waals surface area contributed by atoms with E-state index < -0.39 is 11.9 Å². The molecule has 1 fully saturated rings. The summed E-state index contributed by atoms with van der Waals surface area (Å²) in [5, 5.41) is 12.1. The predicted octanol–water partition coefficient (Wildman–Crippen LogP) is 2.68. The highest BCUT2D eigenvalue weighted by Crippen LogP contribution is 2.25. The van der Waals surface area contributed by atoms with E-state index in [9.17, 15) is 14.7 Å².